The molecule has 5 heteroatoms. The summed E-state index contributed by atoms with van der Waals surface area (Å²) in [5, 5.41) is 24.5. The SMILES string of the molecule is CN(C)C1CC23CCC4(O2)C(=CCC2(C)C(c5ccc6ccncc6c5)=CCC24)CC3C(O)C1O. The largest absolute Gasteiger partial charge is 0.390 e. The number of nitrogens with zero attached hydrogens (tertiary/aromatic N) is 2. The van der Waals surface area contributed by atoms with Crippen molar-refractivity contribution < 1.29 is 14.9 Å². The number of fused-ring (bicyclic) bond motifs is 2. The Balaban J connectivity index is 1.27. The number of pyridine rings is 1. The molecule has 5 nitrogen and oxygen atoms in total. The van der Waals surface area contributed by atoms with Crippen LogP contribution in [0.15, 0.2) is 54.4 Å². The van der Waals surface area contributed by atoms with Gasteiger partial charge >= 0.3 is 0 Å². The molecule has 5 aliphatic rings. The fraction of sp³-hybridized carbons (Fsp3) is 0.567. The van der Waals surface area contributed by atoms with Crippen LogP contribution in [-0.4, -0.2) is 63.6 Å². The fourth-order valence-corrected chi connectivity index (χ4v) is 8.73. The Hall–Kier alpha value is -2.05. The van der Waals surface area contributed by atoms with Crippen LogP contribution in [0.5, 0.6) is 0 Å². The van der Waals surface area contributed by atoms with Crippen molar-refractivity contribution >= 4 is 16.3 Å². The van der Waals surface area contributed by atoms with Crippen LogP contribution in [0.4, 0.5) is 0 Å². The molecule has 3 fully saturated rings. The topological polar surface area (TPSA) is 65.8 Å². The van der Waals surface area contributed by atoms with E-state index in [2.05, 4.69) is 53.2 Å². The fourth-order valence-electron chi connectivity index (χ4n) is 8.73. The van der Waals surface area contributed by atoms with Gasteiger partial charge in [0.05, 0.1) is 23.4 Å². The lowest BCUT2D eigenvalue weighted by atomic mass is 9.57. The van der Waals surface area contributed by atoms with Crippen LogP contribution in [0.3, 0.4) is 0 Å². The minimum Gasteiger partial charge on any atom is -0.390 e. The van der Waals surface area contributed by atoms with Crippen LogP contribution < -0.4 is 0 Å². The molecule has 184 valence electrons. The highest BCUT2D eigenvalue weighted by atomic mass is 16.5. The van der Waals surface area contributed by atoms with Crippen LogP contribution in [-0.2, 0) is 4.74 Å². The molecule has 2 aromatic rings. The van der Waals surface area contributed by atoms with E-state index in [4.69, 9.17) is 4.74 Å². The molecule has 0 radical (unpaired) electrons. The second-order valence-corrected chi connectivity index (χ2v) is 12.3. The highest BCUT2D eigenvalue weighted by Crippen LogP contribution is 2.69. The number of aliphatic hydroxyl groups excluding tert-OH is 2. The smallest absolute Gasteiger partial charge is 0.0958 e. The number of hydrogen-bond donors (Lipinski definition) is 2. The van der Waals surface area contributed by atoms with E-state index >= 15 is 0 Å². The Morgan fingerprint density at radius 1 is 1.06 bits per heavy atom. The molecular weight excluding hydrogens is 436 g/mol. The van der Waals surface area contributed by atoms with Crippen molar-refractivity contribution in [3.05, 3.63) is 59.9 Å². The average molecular weight is 473 g/mol. The molecule has 2 saturated heterocycles. The van der Waals surface area contributed by atoms with Crippen LogP contribution in [0, 0.1) is 17.3 Å². The number of rotatable bonds is 2. The van der Waals surface area contributed by atoms with Crippen LogP contribution >= 0.6 is 0 Å². The quantitative estimate of drug-likeness (QED) is 0.637. The molecule has 0 amide bonds. The van der Waals surface area contributed by atoms with E-state index < -0.39 is 12.2 Å². The van der Waals surface area contributed by atoms with Gasteiger partial charge < -0.3 is 19.8 Å². The standard InChI is InChI=1S/C30H36N2O3/c1-28-10-8-21-15-23-26(33)27(34)24(32(2)3)16-29(23)11-12-30(21,35-29)25(28)7-6-22(28)19-5-4-18-9-13-31-17-20(18)14-19/h4-6,8-9,13-14,17,23-27,33-34H,7,10-12,15-16H2,1-3H3. The first-order valence-electron chi connectivity index (χ1n) is 13.2. The summed E-state index contributed by atoms with van der Waals surface area (Å²) in [7, 11) is 4.00. The summed E-state index contributed by atoms with van der Waals surface area (Å²) in [6.45, 7) is 2.44. The molecule has 2 bridgehead atoms. The zero-order valence-corrected chi connectivity index (χ0v) is 20.9. The van der Waals surface area contributed by atoms with Crippen molar-refractivity contribution in [2.75, 3.05) is 14.1 Å². The molecule has 8 atom stereocenters. The van der Waals surface area contributed by atoms with Crippen molar-refractivity contribution in [3.63, 3.8) is 0 Å². The molecule has 1 aromatic heterocycles. The third-order valence-electron chi connectivity index (χ3n) is 10.6. The maximum atomic E-state index is 11.2. The highest BCUT2D eigenvalue weighted by molar-refractivity contribution is 5.87. The molecule has 35 heavy (non-hydrogen) atoms. The summed E-state index contributed by atoms with van der Waals surface area (Å²) in [6, 6.07) is 8.78. The lowest BCUT2D eigenvalue weighted by Crippen LogP contribution is -2.66. The second-order valence-electron chi connectivity index (χ2n) is 12.3. The number of ether oxygens (including phenoxy) is 1. The van der Waals surface area contributed by atoms with Crippen LogP contribution in [0.2, 0.25) is 0 Å². The van der Waals surface area contributed by atoms with Crippen molar-refractivity contribution in [1.29, 1.82) is 0 Å². The van der Waals surface area contributed by atoms with Crippen molar-refractivity contribution in [1.82, 2.24) is 9.88 Å². The van der Waals surface area contributed by atoms with Crippen molar-refractivity contribution in [2.45, 2.75) is 74.9 Å². The normalized spacial score (nSPS) is 44.0. The number of aliphatic hydroxyl groups is 2. The predicted molar refractivity (Wildman–Crippen MR) is 137 cm³/mol. The average Bonchev–Trinajstić information content (AvgIpc) is 3.37. The molecule has 8 unspecified atom stereocenters. The van der Waals surface area contributed by atoms with Crippen LogP contribution in [0.25, 0.3) is 16.3 Å². The van der Waals surface area contributed by atoms with Gasteiger partial charge in [-0.3, -0.25) is 4.98 Å². The van der Waals surface area contributed by atoms with E-state index in [1.807, 2.05) is 26.5 Å². The third kappa shape index (κ3) is 2.81. The van der Waals surface area contributed by atoms with Gasteiger partial charge in [0.25, 0.3) is 0 Å². The van der Waals surface area contributed by atoms with E-state index in [0.29, 0.717) is 5.92 Å². The zero-order valence-electron chi connectivity index (χ0n) is 20.9. The first kappa shape index (κ1) is 22.2. The minimum absolute atomic E-state index is 0.0193. The van der Waals surface area contributed by atoms with Crippen molar-refractivity contribution in [3.8, 4) is 0 Å². The van der Waals surface area contributed by atoms with Gasteiger partial charge in [-0.2, -0.15) is 0 Å². The summed E-state index contributed by atoms with van der Waals surface area (Å²) >= 11 is 0. The first-order valence-corrected chi connectivity index (χ1v) is 13.2. The first-order chi connectivity index (χ1) is 16.8. The lowest BCUT2D eigenvalue weighted by Gasteiger charge is -2.59. The number of likely N-dealkylation sites (N-methyl/N-ethyl adjacent to an activating group) is 1. The third-order valence-corrected chi connectivity index (χ3v) is 10.6. The van der Waals surface area contributed by atoms with Gasteiger partial charge in [0.2, 0.25) is 0 Å². The van der Waals surface area contributed by atoms with Gasteiger partial charge in [-0.25, -0.2) is 0 Å². The van der Waals surface area contributed by atoms with E-state index in [0.717, 1.165) is 38.5 Å². The molecular formula is C30H36N2O3. The summed E-state index contributed by atoms with van der Waals surface area (Å²) < 4.78 is 7.30. The molecule has 1 saturated carbocycles. The zero-order chi connectivity index (χ0) is 24.2. The second kappa shape index (κ2) is 7.25. The number of allylic oxidation sites excluding steroid dienone is 3. The number of benzene rings is 1. The lowest BCUT2D eigenvalue weighted by molar-refractivity contribution is -0.237. The van der Waals surface area contributed by atoms with Gasteiger partial charge in [0, 0.05) is 41.1 Å². The minimum atomic E-state index is -0.745. The molecule has 2 N–H and O–H groups in total. The summed E-state index contributed by atoms with van der Waals surface area (Å²) in [4.78, 5) is 6.40. The molecule has 3 heterocycles. The van der Waals surface area contributed by atoms with Gasteiger partial charge in [-0.15, -0.1) is 0 Å². The Morgan fingerprint density at radius 2 is 1.91 bits per heavy atom. The summed E-state index contributed by atoms with van der Waals surface area (Å²) in [5.74, 6) is 0.374. The summed E-state index contributed by atoms with van der Waals surface area (Å²) in [5.41, 5.74) is 3.54. The Kier molecular flexibility index (Phi) is 4.60. The molecule has 2 aliphatic heterocycles. The Bertz CT molecular complexity index is 1270. The van der Waals surface area contributed by atoms with Crippen molar-refractivity contribution in [2.24, 2.45) is 17.3 Å². The Morgan fingerprint density at radius 3 is 2.74 bits per heavy atom. The van der Waals surface area contributed by atoms with Gasteiger partial charge in [0.1, 0.15) is 0 Å². The predicted octanol–water partition coefficient (Wildman–Crippen LogP) is 4.34. The monoisotopic (exact) mass is 472 g/mol. The maximum absolute atomic E-state index is 11.2. The molecule has 7 rings (SSSR count). The van der Waals surface area contributed by atoms with E-state index in [1.54, 1.807) is 0 Å². The Labute approximate surface area is 207 Å². The van der Waals surface area contributed by atoms with E-state index in [9.17, 15) is 10.2 Å². The number of hydrogen-bond acceptors (Lipinski definition) is 5. The van der Waals surface area contributed by atoms with Gasteiger partial charge in [0.15, 0.2) is 0 Å². The maximum Gasteiger partial charge on any atom is 0.0958 e. The molecule has 2 spiro atoms. The summed E-state index contributed by atoms with van der Waals surface area (Å²) in [6.07, 6.45) is 12.9. The number of aromatic nitrogens is 1. The molecule has 3 aliphatic carbocycles. The van der Waals surface area contributed by atoms with E-state index in [1.165, 1.54) is 27.5 Å². The van der Waals surface area contributed by atoms with Crippen LogP contribution in [0.1, 0.15) is 51.0 Å². The highest BCUT2D eigenvalue weighted by Gasteiger charge is 2.69. The van der Waals surface area contributed by atoms with E-state index in [-0.39, 0.29) is 28.6 Å². The van der Waals surface area contributed by atoms with Gasteiger partial charge in [-0.05, 0) is 86.8 Å². The van der Waals surface area contributed by atoms with Gasteiger partial charge in [-0.1, -0.05) is 31.2 Å². The molecule has 1 aromatic carbocycles.